The van der Waals surface area contributed by atoms with E-state index in [1.54, 1.807) is 19.1 Å². The van der Waals surface area contributed by atoms with E-state index in [2.05, 4.69) is 5.32 Å². The van der Waals surface area contributed by atoms with E-state index in [9.17, 15) is 9.59 Å². The number of hydrogen-bond acceptors (Lipinski definition) is 3. The highest BCUT2D eigenvalue weighted by atomic mass is 16.3. The van der Waals surface area contributed by atoms with Gasteiger partial charge in [0.2, 0.25) is 0 Å². The van der Waals surface area contributed by atoms with Crippen molar-refractivity contribution in [1.82, 2.24) is 10.2 Å². The average Bonchev–Trinajstić information content (AvgIpc) is 3.07. The molecule has 1 saturated heterocycles. The second kappa shape index (κ2) is 5.02. The Hall–Kier alpha value is -2.56. The van der Waals surface area contributed by atoms with Gasteiger partial charge in [0.05, 0.1) is 12.8 Å². The van der Waals surface area contributed by atoms with E-state index in [4.69, 9.17) is 4.42 Å². The number of imide groups is 1. The number of urea groups is 1. The Labute approximate surface area is 128 Å². The van der Waals surface area contributed by atoms with Crippen molar-refractivity contribution in [2.24, 2.45) is 0 Å². The molecule has 1 aromatic heterocycles. The summed E-state index contributed by atoms with van der Waals surface area (Å²) in [6.07, 6.45) is 1.49. The second-order valence-electron chi connectivity index (χ2n) is 5.85. The van der Waals surface area contributed by atoms with Gasteiger partial charge in [-0.1, -0.05) is 23.8 Å². The molecule has 5 nitrogen and oxygen atoms in total. The standard InChI is InChI=1S/C17H18N2O3/c1-11-6-7-12(2)13(9-11)10-19-15(20)17(3,18-16(19)21)14-5-4-8-22-14/h4-9H,10H2,1-3H3,(H,18,21). The number of carbonyl (C=O) groups is 2. The van der Waals surface area contributed by atoms with Crippen molar-refractivity contribution in [3.05, 3.63) is 59.0 Å². The number of benzene rings is 1. The van der Waals surface area contributed by atoms with Crippen molar-refractivity contribution in [2.45, 2.75) is 32.9 Å². The molecule has 1 aliphatic rings. The van der Waals surface area contributed by atoms with Crippen molar-refractivity contribution in [3.63, 3.8) is 0 Å². The van der Waals surface area contributed by atoms with Crippen molar-refractivity contribution >= 4 is 11.9 Å². The van der Waals surface area contributed by atoms with Crippen molar-refractivity contribution in [3.8, 4) is 0 Å². The number of furan rings is 1. The molecule has 3 amide bonds. The summed E-state index contributed by atoms with van der Waals surface area (Å²) in [6, 6.07) is 9.00. The topological polar surface area (TPSA) is 62.6 Å². The zero-order valence-electron chi connectivity index (χ0n) is 12.8. The zero-order chi connectivity index (χ0) is 15.9. The summed E-state index contributed by atoms with van der Waals surface area (Å²) in [5.74, 6) is 0.141. The quantitative estimate of drug-likeness (QED) is 0.886. The summed E-state index contributed by atoms with van der Waals surface area (Å²) in [5.41, 5.74) is 1.98. The van der Waals surface area contributed by atoms with E-state index in [-0.39, 0.29) is 12.5 Å². The fraction of sp³-hybridized carbons (Fsp3) is 0.294. The van der Waals surface area contributed by atoms with Crippen LogP contribution in [0.3, 0.4) is 0 Å². The highest BCUT2D eigenvalue weighted by Gasteiger charge is 2.50. The minimum absolute atomic E-state index is 0.258. The maximum atomic E-state index is 12.7. The first kappa shape index (κ1) is 14.4. The molecule has 1 fully saturated rings. The van der Waals surface area contributed by atoms with Gasteiger partial charge in [-0.3, -0.25) is 9.69 Å². The number of rotatable bonds is 3. The molecule has 22 heavy (non-hydrogen) atoms. The average molecular weight is 298 g/mol. The number of nitrogens with one attached hydrogen (secondary N) is 1. The van der Waals surface area contributed by atoms with Gasteiger partial charge in [0.15, 0.2) is 5.54 Å². The van der Waals surface area contributed by atoms with Crippen LogP contribution in [0.2, 0.25) is 0 Å². The smallest absolute Gasteiger partial charge is 0.325 e. The molecule has 114 valence electrons. The molecule has 0 aliphatic carbocycles. The van der Waals surface area contributed by atoms with Gasteiger partial charge in [-0.2, -0.15) is 0 Å². The summed E-state index contributed by atoms with van der Waals surface area (Å²) in [7, 11) is 0. The number of carbonyl (C=O) groups excluding carboxylic acids is 2. The highest BCUT2D eigenvalue weighted by molar-refractivity contribution is 6.06. The molecule has 1 N–H and O–H groups in total. The van der Waals surface area contributed by atoms with E-state index in [0.29, 0.717) is 5.76 Å². The Morgan fingerprint density at radius 1 is 1.23 bits per heavy atom. The lowest BCUT2D eigenvalue weighted by atomic mass is 9.99. The van der Waals surface area contributed by atoms with E-state index in [0.717, 1.165) is 16.7 Å². The van der Waals surface area contributed by atoms with Crippen LogP contribution in [0.25, 0.3) is 0 Å². The van der Waals surface area contributed by atoms with Crippen LogP contribution in [-0.4, -0.2) is 16.8 Å². The van der Waals surface area contributed by atoms with Crippen molar-refractivity contribution in [1.29, 1.82) is 0 Å². The lowest BCUT2D eigenvalue weighted by Gasteiger charge is -2.19. The molecule has 1 aromatic carbocycles. The maximum Gasteiger partial charge on any atom is 0.325 e. The van der Waals surface area contributed by atoms with Gasteiger partial charge >= 0.3 is 6.03 Å². The van der Waals surface area contributed by atoms with Crippen molar-refractivity contribution in [2.75, 3.05) is 0 Å². The predicted octanol–water partition coefficient (Wildman–Crippen LogP) is 2.86. The Balaban J connectivity index is 1.91. The van der Waals surface area contributed by atoms with E-state index in [1.807, 2.05) is 32.0 Å². The minimum atomic E-state index is -1.14. The third-order valence-corrected chi connectivity index (χ3v) is 4.12. The number of nitrogens with zero attached hydrogens (tertiary/aromatic N) is 1. The summed E-state index contributed by atoms with van der Waals surface area (Å²) < 4.78 is 5.32. The first-order valence-corrected chi connectivity index (χ1v) is 7.16. The Bertz CT molecular complexity index is 736. The Morgan fingerprint density at radius 2 is 2.00 bits per heavy atom. The van der Waals surface area contributed by atoms with Gasteiger partial charge in [0, 0.05) is 0 Å². The minimum Gasteiger partial charge on any atom is -0.466 e. The fourth-order valence-electron chi connectivity index (χ4n) is 2.71. The zero-order valence-corrected chi connectivity index (χ0v) is 12.8. The van der Waals surface area contributed by atoms with Gasteiger partial charge in [-0.05, 0) is 44.0 Å². The van der Waals surface area contributed by atoms with Crippen LogP contribution in [0.15, 0.2) is 41.0 Å². The Morgan fingerprint density at radius 3 is 2.68 bits per heavy atom. The largest absolute Gasteiger partial charge is 0.466 e. The van der Waals surface area contributed by atoms with Crippen LogP contribution in [0.1, 0.15) is 29.4 Å². The molecule has 0 bridgehead atoms. The molecule has 1 aliphatic heterocycles. The van der Waals surface area contributed by atoms with Crippen LogP contribution in [0.5, 0.6) is 0 Å². The maximum absolute atomic E-state index is 12.7. The first-order chi connectivity index (χ1) is 10.4. The molecule has 1 atom stereocenters. The molecular weight excluding hydrogens is 280 g/mol. The van der Waals surface area contributed by atoms with Crippen LogP contribution in [0, 0.1) is 13.8 Å². The lowest BCUT2D eigenvalue weighted by molar-refractivity contribution is -0.132. The highest BCUT2D eigenvalue weighted by Crippen LogP contribution is 2.30. The number of hydrogen-bond donors (Lipinski definition) is 1. The summed E-state index contributed by atoms with van der Waals surface area (Å²) in [6.45, 7) is 5.88. The number of amides is 3. The monoisotopic (exact) mass is 298 g/mol. The molecule has 0 saturated carbocycles. The SMILES string of the molecule is Cc1ccc(C)c(CN2C(=O)NC(C)(c3ccco3)C2=O)c1. The molecule has 0 radical (unpaired) electrons. The predicted molar refractivity (Wildman–Crippen MR) is 81.1 cm³/mol. The van der Waals surface area contributed by atoms with E-state index in [1.165, 1.54) is 11.2 Å². The van der Waals surface area contributed by atoms with Crippen LogP contribution in [-0.2, 0) is 16.9 Å². The molecular formula is C17H18N2O3. The molecule has 1 unspecified atom stereocenters. The number of aryl methyl sites for hydroxylation is 2. The van der Waals surface area contributed by atoms with Crippen LogP contribution in [0.4, 0.5) is 4.79 Å². The van der Waals surface area contributed by atoms with E-state index >= 15 is 0 Å². The third kappa shape index (κ3) is 2.19. The van der Waals surface area contributed by atoms with Gasteiger partial charge in [0.1, 0.15) is 5.76 Å². The molecule has 2 aromatic rings. The summed E-state index contributed by atoms with van der Waals surface area (Å²) in [5, 5.41) is 2.73. The summed E-state index contributed by atoms with van der Waals surface area (Å²) >= 11 is 0. The van der Waals surface area contributed by atoms with Crippen molar-refractivity contribution < 1.29 is 14.0 Å². The fourth-order valence-corrected chi connectivity index (χ4v) is 2.71. The molecule has 5 heteroatoms. The van der Waals surface area contributed by atoms with Gasteiger partial charge in [-0.15, -0.1) is 0 Å². The van der Waals surface area contributed by atoms with Gasteiger partial charge in [0.25, 0.3) is 5.91 Å². The van der Waals surface area contributed by atoms with Crippen LogP contribution < -0.4 is 5.32 Å². The van der Waals surface area contributed by atoms with Crippen LogP contribution >= 0.6 is 0 Å². The normalized spacial score (nSPS) is 21.3. The summed E-state index contributed by atoms with van der Waals surface area (Å²) in [4.78, 5) is 26.2. The van der Waals surface area contributed by atoms with Gasteiger partial charge in [-0.25, -0.2) is 4.79 Å². The third-order valence-electron chi connectivity index (χ3n) is 4.12. The first-order valence-electron chi connectivity index (χ1n) is 7.16. The molecule has 3 rings (SSSR count). The Kier molecular flexibility index (Phi) is 3.28. The van der Waals surface area contributed by atoms with E-state index < -0.39 is 11.6 Å². The van der Waals surface area contributed by atoms with Gasteiger partial charge < -0.3 is 9.73 Å². The molecule has 0 spiro atoms. The lowest BCUT2D eigenvalue weighted by Crippen LogP contribution is -2.40. The molecule has 2 heterocycles. The second-order valence-corrected chi connectivity index (χ2v) is 5.85.